The van der Waals surface area contributed by atoms with Gasteiger partial charge >= 0.3 is 6.03 Å². The van der Waals surface area contributed by atoms with E-state index in [1.165, 1.54) is 29.2 Å². The van der Waals surface area contributed by atoms with Crippen molar-refractivity contribution in [3.05, 3.63) is 54.4 Å². The van der Waals surface area contributed by atoms with Crippen molar-refractivity contribution in [3.8, 4) is 0 Å². The van der Waals surface area contributed by atoms with E-state index in [9.17, 15) is 9.18 Å². The van der Waals surface area contributed by atoms with Crippen LogP contribution in [-0.4, -0.2) is 22.1 Å². The summed E-state index contributed by atoms with van der Waals surface area (Å²) in [7, 11) is 0. The molecule has 2 aromatic rings. The molecule has 17 heavy (non-hydrogen) atoms. The molecule has 2 rings (SSSR count). The summed E-state index contributed by atoms with van der Waals surface area (Å²) in [4.78, 5) is 15.3. The summed E-state index contributed by atoms with van der Waals surface area (Å²) in [6.45, 7) is 0.459. The number of hydrogen-bond acceptors (Lipinski definition) is 2. The molecule has 1 aromatic heterocycles. The first-order chi connectivity index (χ1) is 8.25. The summed E-state index contributed by atoms with van der Waals surface area (Å²) < 4.78 is 14.2. The zero-order valence-corrected chi connectivity index (χ0v) is 9.14. The maximum absolute atomic E-state index is 12.9. The summed E-state index contributed by atoms with van der Waals surface area (Å²) in [5.41, 5.74) is 0.857. The van der Waals surface area contributed by atoms with Crippen LogP contribution < -0.4 is 5.32 Å². The molecular weight excluding hydrogens is 221 g/mol. The molecule has 1 heterocycles. The van der Waals surface area contributed by atoms with E-state index in [1.54, 1.807) is 12.3 Å². The molecule has 0 aliphatic heterocycles. The lowest BCUT2D eigenvalue weighted by atomic mass is 10.1. The number of imidazole rings is 1. The zero-order chi connectivity index (χ0) is 12.1. The Kier molecular flexibility index (Phi) is 3.49. The van der Waals surface area contributed by atoms with E-state index < -0.39 is 0 Å². The Balaban J connectivity index is 1.82. The Morgan fingerprint density at radius 1 is 1.47 bits per heavy atom. The van der Waals surface area contributed by atoms with E-state index in [1.807, 2.05) is 6.07 Å². The maximum Gasteiger partial charge on any atom is 0.326 e. The number of carbonyl (C=O) groups excluding carboxylic acids is 1. The number of halogens is 1. The largest absolute Gasteiger partial charge is 0.337 e. The molecule has 0 unspecified atom stereocenters. The van der Waals surface area contributed by atoms with E-state index >= 15 is 0 Å². The molecule has 0 radical (unpaired) electrons. The molecule has 4 nitrogen and oxygen atoms in total. The number of carbonyl (C=O) groups is 1. The smallest absolute Gasteiger partial charge is 0.326 e. The summed E-state index contributed by atoms with van der Waals surface area (Å²) in [5.74, 6) is -0.261. The van der Waals surface area contributed by atoms with Gasteiger partial charge in [0.1, 0.15) is 12.1 Å². The van der Waals surface area contributed by atoms with Gasteiger partial charge < -0.3 is 5.32 Å². The Morgan fingerprint density at radius 3 is 3.06 bits per heavy atom. The molecule has 1 aromatic carbocycles. The van der Waals surface area contributed by atoms with Gasteiger partial charge in [0.15, 0.2) is 0 Å². The molecule has 0 aliphatic rings. The van der Waals surface area contributed by atoms with Crippen LogP contribution in [0.25, 0.3) is 0 Å². The minimum absolute atomic E-state index is 0.237. The lowest BCUT2D eigenvalue weighted by Gasteiger charge is -2.05. The molecule has 0 saturated carbocycles. The average Bonchev–Trinajstić information content (AvgIpc) is 2.82. The third kappa shape index (κ3) is 3.14. The molecule has 5 heteroatoms. The number of benzene rings is 1. The molecule has 0 atom stereocenters. The van der Waals surface area contributed by atoms with Gasteiger partial charge in [0.05, 0.1) is 0 Å². The van der Waals surface area contributed by atoms with E-state index in [0.29, 0.717) is 13.0 Å². The predicted molar refractivity (Wildman–Crippen MR) is 61.1 cm³/mol. The second-order valence-corrected chi connectivity index (χ2v) is 3.58. The van der Waals surface area contributed by atoms with Crippen molar-refractivity contribution in [2.45, 2.75) is 6.42 Å². The standard InChI is InChI=1S/C12H12FN3O/c13-11-3-1-2-10(8-11)4-5-15-12(17)16-7-6-14-9-16/h1-3,6-9H,4-5H2,(H,15,17). The van der Waals surface area contributed by atoms with E-state index in [-0.39, 0.29) is 11.8 Å². The van der Waals surface area contributed by atoms with Crippen molar-refractivity contribution in [1.82, 2.24) is 14.9 Å². The highest BCUT2D eigenvalue weighted by atomic mass is 19.1. The quantitative estimate of drug-likeness (QED) is 0.879. The topological polar surface area (TPSA) is 46.9 Å². The molecular formula is C12H12FN3O. The third-order valence-corrected chi connectivity index (χ3v) is 2.32. The van der Waals surface area contributed by atoms with Crippen LogP contribution in [0.1, 0.15) is 5.56 Å². The van der Waals surface area contributed by atoms with Crippen LogP contribution in [0.3, 0.4) is 0 Å². The molecule has 1 N–H and O–H groups in total. The number of hydrogen-bond donors (Lipinski definition) is 1. The second kappa shape index (κ2) is 5.25. The monoisotopic (exact) mass is 233 g/mol. The first kappa shape index (κ1) is 11.3. The SMILES string of the molecule is O=C(NCCc1cccc(F)c1)n1ccnc1. The highest BCUT2D eigenvalue weighted by Gasteiger charge is 2.02. The number of nitrogens with one attached hydrogen (secondary N) is 1. The van der Waals surface area contributed by atoms with Crippen LogP contribution in [0, 0.1) is 5.82 Å². The van der Waals surface area contributed by atoms with Crippen molar-refractivity contribution < 1.29 is 9.18 Å². The summed E-state index contributed by atoms with van der Waals surface area (Å²) >= 11 is 0. The Labute approximate surface area is 98.1 Å². The van der Waals surface area contributed by atoms with Gasteiger partial charge in [-0.2, -0.15) is 0 Å². The first-order valence-electron chi connectivity index (χ1n) is 5.26. The maximum atomic E-state index is 12.9. The van der Waals surface area contributed by atoms with Gasteiger partial charge in [-0.15, -0.1) is 0 Å². The highest BCUT2D eigenvalue weighted by Crippen LogP contribution is 2.03. The van der Waals surface area contributed by atoms with Gasteiger partial charge in [0.25, 0.3) is 0 Å². The van der Waals surface area contributed by atoms with Crippen LogP contribution >= 0.6 is 0 Å². The Bertz CT molecular complexity index is 496. The fourth-order valence-corrected chi connectivity index (χ4v) is 1.48. The van der Waals surface area contributed by atoms with Crippen molar-refractivity contribution in [2.24, 2.45) is 0 Å². The molecule has 0 bridgehead atoms. The minimum atomic E-state index is -0.261. The predicted octanol–water partition coefficient (Wildman–Crippen LogP) is 1.82. The van der Waals surface area contributed by atoms with E-state index in [2.05, 4.69) is 10.3 Å². The summed E-state index contributed by atoms with van der Waals surface area (Å²) in [6.07, 6.45) is 5.12. The van der Waals surface area contributed by atoms with Gasteiger partial charge in [-0.05, 0) is 24.1 Å². The van der Waals surface area contributed by atoms with Crippen molar-refractivity contribution in [1.29, 1.82) is 0 Å². The fraction of sp³-hybridized carbons (Fsp3) is 0.167. The van der Waals surface area contributed by atoms with E-state index in [4.69, 9.17) is 0 Å². The van der Waals surface area contributed by atoms with Crippen LogP contribution in [-0.2, 0) is 6.42 Å². The number of nitrogens with zero attached hydrogens (tertiary/aromatic N) is 2. The third-order valence-electron chi connectivity index (χ3n) is 2.32. The minimum Gasteiger partial charge on any atom is -0.337 e. The number of rotatable bonds is 3. The summed E-state index contributed by atoms with van der Waals surface area (Å²) in [5, 5.41) is 2.71. The lowest BCUT2D eigenvalue weighted by Crippen LogP contribution is -2.29. The zero-order valence-electron chi connectivity index (χ0n) is 9.14. The second-order valence-electron chi connectivity index (χ2n) is 3.58. The molecule has 0 fully saturated rings. The van der Waals surface area contributed by atoms with Crippen LogP contribution in [0.15, 0.2) is 43.0 Å². The first-order valence-corrected chi connectivity index (χ1v) is 5.26. The number of aromatic nitrogens is 2. The number of amides is 1. The van der Waals surface area contributed by atoms with Crippen LogP contribution in [0.2, 0.25) is 0 Å². The normalized spacial score (nSPS) is 10.2. The van der Waals surface area contributed by atoms with Crippen LogP contribution in [0.5, 0.6) is 0 Å². The molecule has 88 valence electrons. The van der Waals surface area contributed by atoms with Crippen molar-refractivity contribution in [2.75, 3.05) is 6.54 Å². The molecule has 1 amide bonds. The highest BCUT2D eigenvalue weighted by molar-refractivity contribution is 5.76. The van der Waals surface area contributed by atoms with E-state index in [0.717, 1.165) is 5.56 Å². The molecule has 0 saturated heterocycles. The Morgan fingerprint density at radius 2 is 2.35 bits per heavy atom. The Hall–Kier alpha value is -2.17. The summed E-state index contributed by atoms with van der Waals surface area (Å²) in [6, 6.07) is 6.10. The average molecular weight is 233 g/mol. The van der Waals surface area contributed by atoms with Gasteiger partial charge in [-0.25, -0.2) is 14.2 Å². The van der Waals surface area contributed by atoms with Gasteiger partial charge in [0.2, 0.25) is 0 Å². The van der Waals surface area contributed by atoms with Crippen molar-refractivity contribution >= 4 is 6.03 Å². The van der Waals surface area contributed by atoms with Crippen LogP contribution in [0.4, 0.5) is 9.18 Å². The lowest BCUT2D eigenvalue weighted by molar-refractivity contribution is 0.242. The fourth-order valence-electron chi connectivity index (χ4n) is 1.48. The van der Waals surface area contributed by atoms with Gasteiger partial charge in [-0.1, -0.05) is 12.1 Å². The van der Waals surface area contributed by atoms with Gasteiger partial charge in [-0.3, -0.25) is 4.57 Å². The van der Waals surface area contributed by atoms with Gasteiger partial charge in [0, 0.05) is 18.9 Å². The molecule has 0 aliphatic carbocycles. The van der Waals surface area contributed by atoms with Crippen molar-refractivity contribution in [3.63, 3.8) is 0 Å². The molecule has 0 spiro atoms.